The summed E-state index contributed by atoms with van der Waals surface area (Å²) in [5.41, 5.74) is 7.55. The quantitative estimate of drug-likeness (QED) is 0.808. The number of halogens is 1. The van der Waals surface area contributed by atoms with Crippen LogP contribution in [0, 0.1) is 5.92 Å². The van der Waals surface area contributed by atoms with Crippen molar-refractivity contribution in [3.05, 3.63) is 23.2 Å². The van der Waals surface area contributed by atoms with Crippen LogP contribution in [-0.2, 0) is 0 Å². The molecule has 17 heavy (non-hydrogen) atoms. The molecule has 1 aliphatic carbocycles. The van der Waals surface area contributed by atoms with Gasteiger partial charge in [0, 0.05) is 18.8 Å². The fourth-order valence-electron chi connectivity index (χ4n) is 2.64. The molecule has 0 radical (unpaired) electrons. The lowest BCUT2D eigenvalue weighted by Gasteiger charge is -2.35. The highest BCUT2D eigenvalue weighted by Crippen LogP contribution is 2.33. The Morgan fingerprint density at radius 3 is 2.47 bits per heavy atom. The molecule has 94 valence electrons. The van der Waals surface area contributed by atoms with E-state index < -0.39 is 0 Å². The molecule has 2 rings (SSSR count). The fraction of sp³-hybridized carbons (Fsp3) is 0.571. The van der Waals surface area contributed by atoms with Gasteiger partial charge in [0.05, 0.1) is 10.7 Å². The van der Waals surface area contributed by atoms with Gasteiger partial charge < -0.3 is 10.6 Å². The zero-order valence-electron chi connectivity index (χ0n) is 10.6. The van der Waals surface area contributed by atoms with Gasteiger partial charge in [-0.3, -0.25) is 0 Å². The zero-order chi connectivity index (χ0) is 12.4. The zero-order valence-corrected chi connectivity index (χ0v) is 11.4. The van der Waals surface area contributed by atoms with Gasteiger partial charge >= 0.3 is 0 Å². The molecule has 0 atom stereocenters. The van der Waals surface area contributed by atoms with Crippen LogP contribution in [0.15, 0.2) is 18.2 Å². The van der Waals surface area contributed by atoms with E-state index in [0.29, 0.717) is 6.04 Å². The number of anilines is 2. The second kappa shape index (κ2) is 5.18. The molecule has 0 saturated heterocycles. The van der Waals surface area contributed by atoms with Crippen molar-refractivity contribution in [3.8, 4) is 0 Å². The second-order valence-corrected chi connectivity index (χ2v) is 5.64. The van der Waals surface area contributed by atoms with Gasteiger partial charge in [0.2, 0.25) is 0 Å². The SMILES string of the molecule is CC1CCC(N(C)c2ccc(N)cc2Cl)CC1. The lowest BCUT2D eigenvalue weighted by atomic mass is 9.86. The van der Waals surface area contributed by atoms with E-state index in [9.17, 15) is 0 Å². The largest absolute Gasteiger partial charge is 0.399 e. The summed E-state index contributed by atoms with van der Waals surface area (Å²) in [5, 5.41) is 0.756. The van der Waals surface area contributed by atoms with Crippen molar-refractivity contribution >= 4 is 23.0 Å². The van der Waals surface area contributed by atoms with Crippen LogP contribution >= 0.6 is 11.6 Å². The summed E-state index contributed by atoms with van der Waals surface area (Å²) in [6.07, 6.45) is 5.17. The summed E-state index contributed by atoms with van der Waals surface area (Å²) < 4.78 is 0. The van der Waals surface area contributed by atoms with E-state index in [1.54, 1.807) is 0 Å². The molecule has 0 spiro atoms. The number of benzene rings is 1. The van der Waals surface area contributed by atoms with Crippen LogP contribution in [-0.4, -0.2) is 13.1 Å². The lowest BCUT2D eigenvalue weighted by Crippen LogP contribution is -2.34. The van der Waals surface area contributed by atoms with Crippen LogP contribution in [0.1, 0.15) is 32.6 Å². The van der Waals surface area contributed by atoms with Gasteiger partial charge in [0.15, 0.2) is 0 Å². The molecule has 0 aromatic heterocycles. The molecule has 0 aliphatic heterocycles. The highest BCUT2D eigenvalue weighted by atomic mass is 35.5. The van der Waals surface area contributed by atoms with Gasteiger partial charge in [0.25, 0.3) is 0 Å². The van der Waals surface area contributed by atoms with Gasteiger partial charge in [-0.05, 0) is 49.8 Å². The highest BCUT2D eigenvalue weighted by molar-refractivity contribution is 6.33. The Bertz CT molecular complexity index is 384. The molecular formula is C14H21ClN2. The monoisotopic (exact) mass is 252 g/mol. The van der Waals surface area contributed by atoms with Crippen LogP contribution in [0.2, 0.25) is 5.02 Å². The molecule has 0 bridgehead atoms. The van der Waals surface area contributed by atoms with E-state index in [2.05, 4.69) is 18.9 Å². The maximum absolute atomic E-state index is 6.25. The van der Waals surface area contributed by atoms with Crippen molar-refractivity contribution in [1.82, 2.24) is 0 Å². The summed E-state index contributed by atoms with van der Waals surface area (Å²) >= 11 is 6.25. The third-order valence-corrected chi connectivity index (χ3v) is 4.19. The van der Waals surface area contributed by atoms with Crippen molar-refractivity contribution in [1.29, 1.82) is 0 Å². The number of hydrogen-bond donors (Lipinski definition) is 1. The minimum Gasteiger partial charge on any atom is -0.399 e. The van der Waals surface area contributed by atoms with Crippen LogP contribution in [0.5, 0.6) is 0 Å². The normalized spacial score (nSPS) is 24.6. The first-order chi connectivity index (χ1) is 8.08. The van der Waals surface area contributed by atoms with E-state index >= 15 is 0 Å². The van der Waals surface area contributed by atoms with E-state index in [1.165, 1.54) is 25.7 Å². The Hall–Kier alpha value is -0.890. The molecular weight excluding hydrogens is 232 g/mol. The predicted molar refractivity (Wildman–Crippen MR) is 75.7 cm³/mol. The third-order valence-electron chi connectivity index (χ3n) is 3.88. The van der Waals surface area contributed by atoms with Crippen LogP contribution < -0.4 is 10.6 Å². The first kappa shape index (κ1) is 12.6. The number of rotatable bonds is 2. The average Bonchev–Trinajstić information content (AvgIpc) is 2.29. The molecule has 0 unspecified atom stereocenters. The van der Waals surface area contributed by atoms with Crippen LogP contribution in [0.3, 0.4) is 0 Å². The maximum Gasteiger partial charge on any atom is 0.0660 e. The standard InChI is InChI=1S/C14H21ClN2/c1-10-3-6-12(7-4-10)17(2)14-8-5-11(16)9-13(14)15/h5,8-10,12H,3-4,6-7,16H2,1-2H3. The van der Waals surface area contributed by atoms with Gasteiger partial charge in [-0.15, -0.1) is 0 Å². The minimum atomic E-state index is 0.618. The number of nitrogen functional groups attached to an aromatic ring is 1. The molecule has 0 heterocycles. The number of nitrogens with zero attached hydrogens (tertiary/aromatic N) is 1. The summed E-state index contributed by atoms with van der Waals surface area (Å²) in [5.74, 6) is 0.876. The van der Waals surface area contributed by atoms with Crippen molar-refractivity contribution in [2.24, 2.45) is 5.92 Å². The minimum absolute atomic E-state index is 0.618. The Labute approximate surface area is 109 Å². The topological polar surface area (TPSA) is 29.3 Å². The number of nitrogens with two attached hydrogens (primary N) is 1. The molecule has 1 fully saturated rings. The summed E-state index contributed by atoms with van der Waals surface area (Å²) in [7, 11) is 2.14. The Morgan fingerprint density at radius 1 is 1.24 bits per heavy atom. The first-order valence-corrected chi connectivity index (χ1v) is 6.73. The fourth-order valence-corrected chi connectivity index (χ4v) is 2.96. The Kier molecular flexibility index (Phi) is 3.82. The Morgan fingerprint density at radius 2 is 1.88 bits per heavy atom. The second-order valence-electron chi connectivity index (χ2n) is 5.24. The van der Waals surface area contributed by atoms with Crippen LogP contribution in [0.25, 0.3) is 0 Å². The highest BCUT2D eigenvalue weighted by Gasteiger charge is 2.22. The molecule has 2 nitrogen and oxygen atoms in total. The molecule has 2 N–H and O–H groups in total. The van der Waals surface area contributed by atoms with Crippen molar-refractivity contribution in [3.63, 3.8) is 0 Å². The maximum atomic E-state index is 6.25. The molecule has 1 aliphatic rings. The van der Waals surface area contributed by atoms with Crippen molar-refractivity contribution < 1.29 is 0 Å². The van der Waals surface area contributed by atoms with Crippen molar-refractivity contribution in [2.45, 2.75) is 38.6 Å². The van der Waals surface area contributed by atoms with Crippen molar-refractivity contribution in [2.75, 3.05) is 17.7 Å². The number of hydrogen-bond acceptors (Lipinski definition) is 2. The molecule has 1 aromatic carbocycles. The predicted octanol–water partition coefficient (Wildman–Crippen LogP) is 3.94. The Balaban J connectivity index is 2.11. The molecule has 3 heteroatoms. The summed E-state index contributed by atoms with van der Waals surface area (Å²) in [6.45, 7) is 2.34. The van der Waals surface area contributed by atoms with Crippen LogP contribution in [0.4, 0.5) is 11.4 Å². The van der Waals surface area contributed by atoms with E-state index in [-0.39, 0.29) is 0 Å². The van der Waals surface area contributed by atoms with E-state index in [1.807, 2.05) is 18.2 Å². The lowest BCUT2D eigenvalue weighted by molar-refractivity contribution is 0.341. The third kappa shape index (κ3) is 2.86. The van der Waals surface area contributed by atoms with Gasteiger partial charge in [-0.2, -0.15) is 0 Å². The van der Waals surface area contributed by atoms with Gasteiger partial charge in [0.1, 0.15) is 0 Å². The van der Waals surface area contributed by atoms with Gasteiger partial charge in [-0.25, -0.2) is 0 Å². The van der Waals surface area contributed by atoms with Gasteiger partial charge in [-0.1, -0.05) is 18.5 Å². The molecule has 1 aromatic rings. The summed E-state index contributed by atoms with van der Waals surface area (Å²) in [4.78, 5) is 2.31. The molecule has 0 amide bonds. The molecule has 1 saturated carbocycles. The smallest absolute Gasteiger partial charge is 0.0660 e. The first-order valence-electron chi connectivity index (χ1n) is 6.36. The van der Waals surface area contributed by atoms with E-state index in [0.717, 1.165) is 22.3 Å². The average molecular weight is 253 g/mol. The van der Waals surface area contributed by atoms with E-state index in [4.69, 9.17) is 17.3 Å². The summed E-state index contributed by atoms with van der Waals surface area (Å²) in [6, 6.07) is 6.39.